The zero-order chi connectivity index (χ0) is 11.3. The van der Waals surface area contributed by atoms with Gasteiger partial charge in [0.25, 0.3) is 5.56 Å². The molecular formula is C9H12N2O4. The van der Waals surface area contributed by atoms with E-state index in [1.54, 1.807) is 0 Å². The van der Waals surface area contributed by atoms with E-state index in [2.05, 4.69) is 9.97 Å². The molecule has 6 nitrogen and oxygen atoms in total. The van der Waals surface area contributed by atoms with Crippen LogP contribution in [0.4, 0.5) is 0 Å². The molecular weight excluding hydrogens is 200 g/mol. The van der Waals surface area contributed by atoms with E-state index in [1.165, 1.54) is 0 Å². The second kappa shape index (κ2) is 5.26. The highest BCUT2D eigenvalue weighted by Crippen LogP contribution is 1.93. The summed E-state index contributed by atoms with van der Waals surface area (Å²) < 4.78 is 5.14. The molecule has 6 heteroatoms. The second-order valence-corrected chi connectivity index (χ2v) is 2.93. The molecule has 1 aromatic heterocycles. The molecule has 0 saturated heterocycles. The molecule has 0 aliphatic rings. The maximum atomic E-state index is 11.2. The van der Waals surface area contributed by atoms with Crippen molar-refractivity contribution in [2.24, 2.45) is 0 Å². The average molecular weight is 212 g/mol. The minimum absolute atomic E-state index is 0.184. The molecule has 0 atom stereocenters. The van der Waals surface area contributed by atoms with Gasteiger partial charge in [-0.15, -0.1) is 0 Å². The van der Waals surface area contributed by atoms with Crippen molar-refractivity contribution in [2.45, 2.75) is 20.0 Å². The fourth-order valence-electron chi connectivity index (χ4n) is 0.971. The van der Waals surface area contributed by atoms with Crippen molar-refractivity contribution in [1.82, 2.24) is 9.97 Å². The first-order valence-electron chi connectivity index (χ1n) is 4.54. The van der Waals surface area contributed by atoms with Gasteiger partial charge in [0.15, 0.2) is 0 Å². The van der Waals surface area contributed by atoms with E-state index in [1.807, 2.05) is 6.92 Å². The van der Waals surface area contributed by atoms with E-state index in [0.717, 1.165) is 12.6 Å². The maximum absolute atomic E-state index is 11.2. The molecule has 0 aromatic carbocycles. The Labute approximate surface area is 85.9 Å². The molecule has 0 fully saturated rings. The summed E-state index contributed by atoms with van der Waals surface area (Å²) in [6, 6.07) is 0. The Morgan fingerprint density at radius 1 is 1.67 bits per heavy atom. The summed E-state index contributed by atoms with van der Waals surface area (Å²) in [5, 5.41) is 8.58. The minimum Gasteiger partial charge on any atom is -0.477 e. The number of aromatic amines is 1. The number of H-pyrrole nitrogens is 1. The van der Waals surface area contributed by atoms with Crippen molar-refractivity contribution in [3.63, 3.8) is 0 Å². The summed E-state index contributed by atoms with van der Waals surface area (Å²) in [4.78, 5) is 27.8. The average Bonchev–Trinajstić information content (AvgIpc) is 2.17. The van der Waals surface area contributed by atoms with Gasteiger partial charge >= 0.3 is 5.97 Å². The summed E-state index contributed by atoms with van der Waals surface area (Å²) in [5.74, 6) is -0.955. The Balaban J connectivity index is 2.74. The van der Waals surface area contributed by atoms with Gasteiger partial charge in [0.05, 0.1) is 0 Å². The smallest absolute Gasteiger partial charge is 0.342 e. The number of rotatable bonds is 5. The summed E-state index contributed by atoms with van der Waals surface area (Å²) in [7, 11) is 0. The second-order valence-electron chi connectivity index (χ2n) is 2.93. The first-order chi connectivity index (χ1) is 7.15. The predicted octanol–water partition coefficient (Wildman–Crippen LogP) is 0.395. The molecule has 82 valence electrons. The van der Waals surface area contributed by atoms with E-state index >= 15 is 0 Å². The molecule has 0 unspecified atom stereocenters. The fourth-order valence-corrected chi connectivity index (χ4v) is 0.971. The van der Waals surface area contributed by atoms with Crippen molar-refractivity contribution in [3.05, 3.63) is 27.9 Å². The third kappa shape index (κ3) is 3.17. The number of nitrogens with zero attached hydrogens (tertiary/aromatic N) is 1. The number of carboxylic acids is 1. The maximum Gasteiger partial charge on any atom is 0.342 e. The van der Waals surface area contributed by atoms with Crippen LogP contribution in [-0.4, -0.2) is 27.7 Å². The lowest BCUT2D eigenvalue weighted by atomic mass is 10.3. The van der Waals surface area contributed by atoms with Gasteiger partial charge in [0.2, 0.25) is 0 Å². The van der Waals surface area contributed by atoms with Gasteiger partial charge in [-0.05, 0) is 6.42 Å². The van der Waals surface area contributed by atoms with Crippen LogP contribution in [-0.2, 0) is 11.3 Å². The molecule has 2 N–H and O–H groups in total. The molecule has 1 aromatic rings. The van der Waals surface area contributed by atoms with E-state index in [4.69, 9.17) is 9.84 Å². The van der Waals surface area contributed by atoms with Crippen LogP contribution in [0.5, 0.6) is 0 Å². The Kier molecular flexibility index (Phi) is 3.99. The number of hydrogen-bond donors (Lipinski definition) is 2. The number of hydrogen-bond acceptors (Lipinski definition) is 4. The minimum atomic E-state index is -1.29. The van der Waals surface area contributed by atoms with Gasteiger partial charge < -0.3 is 14.8 Å². The molecule has 0 spiro atoms. The summed E-state index contributed by atoms with van der Waals surface area (Å²) in [6.45, 7) is 2.72. The van der Waals surface area contributed by atoms with Crippen LogP contribution >= 0.6 is 0 Å². The monoisotopic (exact) mass is 212 g/mol. The van der Waals surface area contributed by atoms with Crippen LogP contribution in [0.1, 0.15) is 29.5 Å². The van der Waals surface area contributed by atoms with Crippen molar-refractivity contribution < 1.29 is 14.6 Å². The number of carboxylic acid groups (broad SMARTS) is 1. The molecule has 0 radical (unpaired) electrons. The van der Waals surface area contributed by atoms with Gasteiger partial charge in [-0.3, -0.25) is 4.79 Å². The highest BCUT2D eigenvalue weighted by molar-refractivity contribution is 5.86. The normalized spacial score (nSPS) is 10.2. The van der Waals surface area contributed by atoms with Gasteiger partial charge in [-0.2, -0.15) is 0 Å². The number of aromatic nitrogens is 2. The standard InChI is InChI=1S/C9H12N2O4/c1-2-3-15-5-7-10-4-6(9(13)14)8(12)11-7/h4H,2-3,5H2,1H3,(H,13,14)(H,10,11,12). The topological polar surface area (TPSA) is 92.3 Å². The van der Waals surface area contributed by atoms with E-state index < -0.39 is 11.5 Å². The predicted molar refractivity (Wildman–Crippen MR) is 51.8 cm³/mol. The Hall–Kier alpha value is -1.69. The van der Waals surface area contributed by atoms with Crippen LogP contribution in [0.25, 0.3) is 0 Å². The molecule has 15 heavy (non-hydrogen) atoms. The van der Waals surface area contributed by atoms with E-state index in [0.29, 0.717) is 12.4 Å². The van der Waals surface area contributed by atoms with E-state index in [9.17, 15) is 9.59 Å². The lowest BCUT2D eigenvalue weighted by molar-refractivity contribution is 0.0693. The Morgan fingerprint density at radius 3 is 2.93 bits per heavy atom. The Morgan fingerprint density at radius 2 is 2.40 bits per heavy atom. The van der Waals surface area contributed by atoms with Crippen LogP contribution in [0, 0.1) is 0 Å². The number of aromatic carboxylic acids is 1. The third-order valence-corrected chi connectivity index (χ3v) is 1.67. The largest absolute Gasteiger partial charge is 0.477 e. The molecule has 0 bridgehead atoms. The zero-order valence-corrected chi connectivity index (χ0v) is 8.32. The number of nitrogens with one attached hydrogen (secondary N) is 1. The number of ether oxygens (including phenoxy) is 1. The first-order valence-corrected chi connectivity index (χ1v) is 4.54. The lowest BCUT2D eigenvalue weighted by Gasteiger charge is -2.01. The Bertz CT molecular complexity index is 399. The molecule has 1 rings (SSSR count). The van der Waals surface area contributed by atoms with Gasteiger partial charge in [0.1, 0.15) is 18.0 Å². The zero-order valence-electron chi connectivity index (χ0n) is 8.32. The molecule has 1 heterocycles. The van der Waals surface area contributed by atoms with Gasteiger partial charge in [0, 0.05) is 12.8 Å². The summed E-state index contributed by atoms with van der Waals surface area (Å²) in [6.07, 6.45) is 1.91. The SMILES string of the molecule is CCCOCc1ncc(C(=O)O)c(=O)[nH]1. The van der Waals surface area contributed by atoms with Crippen molar-refractivity contribution in [1.29, 1.82) is 0 Å². The molecule has 0 aliphatic heterocycles. The number of carbonyl (C=O) groups is 1. The summed E-state index contributed by atoms with van der Waals surface area (Å²) >= 11 is 0. The van der Waals surface area contributed by atoms with Crippen molar-refractivity contribution in [3.8, 4) is 0 Å². The van der Waals surface area contributed by atoms with Crippen LogP contribution < -0.4 is 5.56 Å². The van der Waals surface area contributed by atoms with Crippen LogP contribution in [0.15, 0.2) is 11.0 Å². The third-order valence-electron chi connectivity index (χ3n) is 1.67. The molecule has 0 saturated carbocycles. The molecule has 0 amide bonds. The lowest BCUT2D eigenvalue weighted by Crippen LogP contribution is -2.20. The van der Waals surface area contributed by atoms with Gasteiger partial charge in [-0.1, -0.05) is 6.92 Å². The van der Waals surface area contributed by atoms with Crippen LogP contribution in [0.2, 0.25) is 0 Å². The van der Waals surface area contributed by atoms with Gasteiger partial charge in [-0.25, -0.2) is 9.78 Å². The van der Waals surface area contributed by atoms with Crippen molar-refractivity contribution >= 4 is 5.97 Å². The quantitative estimate of drug-likeness (QED) is 0.689. The highest BCUT2D eigenvalue weighted by Gasteiger charge is 2.09. The van der Waals surface area contributed by atoms with Crippen LogP contribution in [0.3, 0.4) is 0 Å². The van der Waals surface area contributed by atoms with Crippen molar-refractivity contribution in [2.75, 3.05) is 6.61 Å². The molecule has 0 aliphatic carbocycles. The van der Waals surface area contributed by atoms with E-state index in [-0.39, 0.29) is 12.2 Å². The first kappa shape index (κ1) is 11.4. The fraction of sp³-hybridized carbons (Fsp3) is 0.444. The highest BCUT2D eigenvalue weighted by atomic mass is 16.5. The summed E-state index contributed by atoms with van der Waals surface area (Å²) in [5.41, 5.74) is -1.03.